The topological polar surface area (TPSA) is 26.0 Å². The molecule has 0 spiro atoms. The molecule has 0 saturated heterocycles. The van der Waals surface area contributed by atoms with Crippen molar-refractivity contribution in [2.45, 2.75) is 25.8 Å². The van der Waals surface area contributed by atoms with Crippen molar-refractivity contribution in [3.63, 3.8) is 0 Å². The Morgan fingerprint density at radius 3 is 3.09 bits per heavy atom. The smallest absolute Gasteiger partial charge is 0.0264 e. The van der Waals surface area contributed by atoms with Crippen molar-refractivity contribution in [3.8, 4) is 0 Å². The molecule has 1 aliphatic carbocycles. The lowest BCUT2D eigenvalue weighted by Gasteiger charge is -2.12. The van der Waals surface area contributed by atoms with Gasteiger partial charge in [-0.15, -0.1) is 0 Å². The van der Waals surface area contributed by atoms with Crippen molar-refractivity contribution >= 4 is 0 Å². The molecule has 0 aromatic rings. The molecular weight excluding hydrogens is 134 g/mol. The summed E-state index contributed by atoms with van der Waals surface area (Å²) in [6, 6.07) is 0.158. The molecule has 0 heterocycles. The van der Waals surface area contributed by atoms with Gasteiger partial charge in [-0.25, -0.2) is 0 Å². The number of hydrogen-bond donors (Lipinski definition) is 1. The van der Waals surface area contributed by atoms with E-state index in [-0.39, 0.29) is 6.04 Å². The van der Waals surface area contributed by atoms with Gasteiger partial charge in [-0.3, -0.25) is 0 Å². The average molecular weight is 149 g/mol. The maximum atomic E-state index is 5.78. The lowest BCUT2D eigenvalue weighted by Crippen LogP contribution is -2.18. The second kappa shape index (κ2) is 3.54. The van der Waals surface area contributed by atoms with Gasteiger partial charge in [0.25, 0.3) is 0 Å². The van der Waals surface area contributed by atoms with E-state index in [0.717, 1.165) is 12.8 Å². The van der Waals surface area contributed by atoms with Crippen LogP contribution in [0.15, 0.2) is 36.0 Å². The predicted molar refractivity (Wildman–Crippen MR) is 49.2 cm³/mol. The van der Waals surface area contributed by atoms with Gasteiger partial charge in [-0.05, 0) is 19.8 Å². The summed E-state index contributed by atoms with van der Waals surface area (Å²) in [5, 5.41) is 0. The number of rotatable bonds is 0. The van der Waals surface area contributed by atoms with Gasteiger partial charge in [-0.1, -0.05) is 36.0 Å². The first-order valence-electron chi connectivity index (χ1n) is 3.97. The van der Waals surface area contributed by atoms with Gasteiger partial charge in [-0.2, -0.15) is 0 Å². The number of hydrogen-bond acceptors (Lipinski definition) is 1. The minimum atomic E-state index is 0.158. The van der Waals surface area contributed by atoms with Crippen LogP contribution >= 0.6 is 0 Å². The third-order valence-corrected chi connectivity index (χ3v) is 1.98. The van der Waals surface area contributed by atoms with Crippen LogP contribution in [0.5, 0.6) is 0 Å². The highest BCUT2D eigenvalue weighted by Gasteiger charge is 2.04. The quantitative estimate of drug-likeness (QED) is 0.525. The predicted octanol–water partition coefficient (Wildman–Crippen LogP) is 2.17. The fourth-order valence-electron chi connectivity index (χ4n) is 1.16. The summed E-state index contributed by atoms with van der Waals surface area (Å²) in [4.78, 5) is 0. The monoisotopic (exact) mass is 149 g/mol. The molecule has 11 heavy (non-hydrogen) atoms. The van der Waals surface area contributed by atoms with Crippen molar-refractivity contribution in [2.75, 3.05) is 0 Å². The molecular formula is C10H15N. The van der Waals surface area contributed by atoms with Gasteiger partial charge >= 0.3 is 0 Å². The van der Waals surface area contributed by atoms with E-state index in [4.69, 9.17) is 5.73 Å². The number of nitrogens with two attached hydrogens (primary N) is 1. The molecule has 1 rings (SSSR count). The van der Waals surface area contributed by atoms with Gasteiger partial charge in [0, 0.05) is 6.04 Å². The minimum absolute atomic E-state index is 0.158. The summed E-state index contributed by atoms with van der Waals surface area (Å²) in [5.41, 5.74) is 8.23. The molecule has 0 fully saturated rings. The Morgan fingerprint density at radius 1 is 1.64 bits per heavy atom. The van der Waals surface area contributed by atoms with E-state index < -0.39 is 0 Å². The molecule has 2 N–H and O–H groups in total. The second-order valence-electron chi connectivity index (χ2n) is 3.02. The van der Waals surface area contributed by atoms with Gasteiger partial charge in [0.2, 0.25) is 0 Å². The van der Waals surface area contributed by atoms with Crippen LogP contribution in [0, 0.1) is 0 Å². The summed E-state index contributed by atoms with van der Waals surface area (Å²) in [7, 11) is 0. The van der Waals surface area contributed by atoms with Crippen LogP contribution in [0.1, 0.15) is 19.8 Å². The molecule has 0 aromatic heterocycles. The lowest BCUT2D eigenvalue weighted by molar-refractivity contribution is 0.799. The normalized spacial score (nSPS) is 30.5. The maximum absolute atomic E-state index is 5.78. The molecule has 0 bridgehead atoms. The van der Waals surface area contributed by atoms with E-state index in [1.807, 2.05) is 6.08 Å². The highest BCUT2D eigenvalue weighted by molar-refractivity contribution is 5.29. The molecule has 0 amide bonds. The summed E-state index contributed by atoms with van der Waals surface area (Å²) < 4.78 is 0. The minimum Gasteiger partial charge on any atom is -0.324 e. The molecule has 0 saturated carbocycles. The Hall–Kier alpha value is -0.820. The summed E-state index contributed by atoms with van der Waals surface area (Å²) in [6.07, 6.45) is 8.22. The van der Waals surface area contributed by atoms with Crippen molar-refractivity contribution in [2.24, 2.45) is 5.73 Å². The van der Waals surface area contributed by atoms with E-state index in [9.17, 15) is 0 Å². The van der Waals surface area contributed by atoms with Crippen LogP contribution in [-0.4, -0.2) is 6.04 Å². The molecule has 0 aromatic carbocycles. The van der Waals surface area contributed by atoms with E-state index in [1.165, 1.54) is 11.1 Å². The molecule has 0 radical (unpaired) electrons. The van der Waals surface area contributed by atoms with Crippen LogP contribution in [-0.2, 0) is 0 Å². The fourth-order valence-corrected chi connectivity index (χ4v) is 1.16. The van der Waals surface area contributed by atoms with Gasteiger partial charge in [0.15, 0.2) is 0 Å². The zero-order valence-corrected chi connectivity index (χ0v) is 7.01. The molecule has 1 atom stereocenters. The van der Waals surface area contributed by atoms with Crippen LogP contribution in [0.3, 0.4) is 0 Å². The van der Waals surface area contributed by atoms with E-state index in [0.29, 0.717) is 0 Å². The Bertz CT molecular complexity index is 211. The Labute approximate surface area is 68.3 Å². The largest absolute Gasteiger partial charge is 0.324 e. The Morgan fingerprint density at radius 2 is 2.36 bits per heavy atom. The zero-order chi connectivity index (χ0) is 8.27. The first kappa shape index (κ1) is 8.28. The Balaban J connectivity index is 2.72. The molecule has 1 heteroatoms. The zero-order valence-electron chi connectivity index (χ0n) is 7.01. The third kappa shape index (κ3) is 2.35. The van der Waals surface area contributed by atoms with Crippen molar-refractivity contribution in [1.29, 1.82) is 0 Å². The van der Waals surface area contributed by atoms with Gasteiger partial charge in [0.1, 0.15) is 0 Å². The lowest BCUT2D eigenvalue weighted by atomic mass is 9.98. The van der Waals surface area contributed by atoms with Gasteiger partial charge < -0.3 is 5.73 Å². The van der Waals surface area contributed by atoms with Crippen molar-refractivity contribution < 1.29 is 0 Å². The average Bonchev–Trinajstić information content (AvgIpc) is 1.95. The van der Waals surface area contributed by atoms with E-state index in [2.05, 4.69) is 25.7 Å². The first-order valence-corrected chi connectivity index (χ1v) is 3.97. The second-order valence-corrected chi connectivity index (χ2v) is 3.02. The summed E-state index contributed by atoms with van der Waals surface area (Å²) in [5.74, 6) is 0. The first-order chi connectivity index (χ1) is 5.20. The van der Waals surface area contributed by atoms with Crippen molar-refractivity contribution in [3.05, 3.63) is 36.0 Å². The van der Waals surface area contributed by atoms with Crippen LogP contribution in [0.25, 0.3) is 0 Å². The van der Waals surface area contributed by atoms with Crippen LogP contribution in [0.4, 0.5) is 0 Å². The highest BCUT2D eigenvalue weighted by atomic mass is 14.6. The highest BCUT2D eigenvalue weighted by Crippen LogP contribution is 2.16. The fraction of sp³-hybridized carbons (Fsp3) is 0.400. The van der Waals surface area contributed by atoms with E-state index in [1.54, 1.807) is 0 Å². The maximum Gasteiger partial charge on any atom is 0.0264 e. The van der Waals surface area contributed by atoms with Crippen LogP contribution < -0.4 is 5.73 Å². The molecule has 0 aliphatic heterocycles. The Kier molecular flexibility index (Phi) is 2.66. The molecule has 1 aliphatic rings. The van der Waals surface area contributed by atoms with Crippen LogP contribution in [0.2, 0.25) is 0 Å². The SMILES string of the molecule is C=C1CC(N)C=CC/C=C\1C. The van der Waals surface area contributed by atoms with E-state index >= 15 is 0 Å². The standard InChI is InChI=1S/C10H15N/c1-8-5-3-4-6-10(11)7-9(8)2/h4-6,10H,2-3,7,11H2,1H3/b6-4?,8-5-. The summed E-state index contributed by atoms with van der Waals surface area (Å²) >= 11 is 0. The summed E-state index contributed by atoms with van der Waals surface area (Å²) in [6.45, 7) is 6.06. The molecule has 1 unspecified atom stereocenters. The van der Waals surface area contributed by atoms with Gasteiger partial charge in [0.05, 0.1) is 0 Å². The van der Waals surface area contributed by atoms with Crippen molar-refractivity contribution in [1.82, 2.24) is 0 Å². The third-order valence-electron chi connectivity index (χ3n) is 1.98. The number of allylic oxidation sites excluding steroid dienone is 3. The molecule has 1 nitrogen and oxygen atoms in total. The molecule has 60 valence electrons.